The van der Waals surface area contributed by atoms with E-state index in [0.29, 0.717) is 0 Å². The zero-order valence-corrected chi connectivity index (χ0v) is 15.4. The van der Waals surface area contributed by atoms with Gasteiger partial charge in [-0.15, -0.1) is 0 Å². The molecule has 0 atom stereocenters. The Morgan fingerprint density at radius 2 is 1.58 bits per heavy atom. The van der Waals surface area contributed by atoms with Crippen molar-refractivity contribution in [2.75, 3.05) is 18.0 Å². The lowest BCUT2D eigenvalue weighted by atomic mass is 10.0. The Bertz CT molecular complexity index is 682. The number of hydrogen-bond acceptors (Lipinski definition) is 3. The maximum absolute atomic E-state index is 11.9. The summed E-state index contributed by atoms with van der Waals surface area (Å²) in [5.41, 5.74) is 2.77. The van der Waals surface area contributed by atoms with Crippen molar-refractivity contribution >= 4 is 16.7 Å². The molecule has 0 N–H and O–H groups in total. The van der Waals surface area contributed by atoms with Crippen LogP contribution in [0.25, 0.3) is 11.0 Å². The second-order valence-electron chi connectivity index (χ2n) is 6.57. The molecule has 0 aliphatic heterocycles. The van der Waals surface area contributed by atoms with E-state index >= 15 is 0 Å². The van der Waals surface area contributed by atoms with Gasteiger partial charge in [0.05, 0.1) is 0 Å². The third-order valence-electron chi connectivity index (χ3n) is 4.54. The summed E-state index contributed by atoms with van der Waals surface area (Å²) < 4.78 is 5.50. The predicted octanol–water partition coefficient (Wildman–Crippen LogP) is 5.54. The normalized spacial score (nSPS) is 11.1. The summed E-state index contributed by atoms with van der Waals surface area (Å²) >= 11 is 0. The maximum atomic E-state index is 11.9. The standard InChI is InChI=1S/C21H31NO2/c1-4-7-10-17-15-21(23)24-20-16-18(11-12-19(17)20)22(13-8-5-2)14-9-6-3/h11-12,15-16H,4-10,13-14H2,1-3H3. The van der Waals surface area contributed by atoms with Crippen LogP contribution in [0.3, 0.4) is 0 Å². The molecule has 0 aliphatic rings. The maximum Gasteiger partial charge on any atom is 0.336 e. The van der Waals surface area contributed by atoms with E-state index in [1.165, 1.54) is 31.4 Å². The number of anilines is 1. The SMILES string of the molecule is CCCCc1cc(=O)oc2cc(N(CCCC)CCCC)ccc12. The van der Waals surface area contributed by atoms with Crippen LogP contribution in [0.5, 0.6) is 0 Å². The Hall–Kier alpha value is -1.77. The number of benzene rings is 1. The molecular weight excluding hydrogens is 298 g/mol. The summed E-state index contributed by atoms with van der Waals surface area (Å²) in [4.78, 5) is 14.3. The van der Waals surface area contributed by atoms with Crippen LogP contribution in [0.2, 0.25) is 0 Å². The van der Waals surface area contributed by atoms with Crippen molar-refractivity contribution in [3.05, 3.63) is 40.2 Å². The average Bonchev–Trinajstić information content (AvgIpc) is 2.59. The highest BCUT2D eigenvalue weighted by Gasteiger charge is 2.10. The Morgan fingerprint density at radius 1 is 0.917 bits per heavy atom. The predicted molar refractivity (Wildman–Crippen MR) is 103 cm³/mol. The smallest absolute Gasteiger partial charge is 0.336 e. The molecule has 2 rings (SSSR count). The molecule has 0 spiro atoms. The number of aryl methyl sites for hydroxylation is 1. The minimum absolute atomic E-state index is 0.237. The number of fused-ring (bicyclic) bond motifs is 1. The van der Waals surface area contributed by atoms with Gasteiger partial charge in [0.15, 0.2) is 0 Å². The molecule has 3 nitrogen and oxygen atoms in total. The first-order valence-electron chi connectivity index (χ1n) is 9.51. The molecule has 0 unspecified atom stereocenters. The molecule has 0 bridgehead atoms. The number of hydrogen-bond donors (Lipinski definition) is 0. The van der Waals surface area contributed by atoms with Crippen molar-refractivity contribution in [3.63, 3.8) is 0 Å². The second-order valence-corrected chi connectivity index (χ2v) is 6.57. The fourth-order valence-corrected chi connectivity index (χ4v) is 3.06. The van der Waals surface area contributed by atoms with Crippen LogP contribution in [0.15, 0.2) is 33.5 Å². The third kappa shape index (κ3) is 4.86. The van der Waals surface area contributed by atoms with Gasteiger partial charge in [-0.3, -0.25) is 0 Å². The molecule has 1 aromatic heterocycles. The van der Waals surface area contributed by atoms with Gasteiger partial charge in [-0.25, -0.2) is 4.79 Å². The molecule has 1 aromatic carbocycles. The van der Waals surface area contributed by atoms with E-state index in [0.717, 1.165) is 48.9 Å². The zero-order valence-electron chi connectivity index (χ0n) is 15.4. The van der Waals surface area contributed by atoms with E-state index in [1.54, 1.807) is 6.07 Å². The number of rotatable bonds is 10. The van der Waals surface area contributed by atoms with E-state index in [-0.39, 0.29) is 5.63 Å². The van der Waals surface area contributed by atoms with E-state index in [9.17, 15) is 4.79 Å². The molecule has 3 heteroatoms. The molecule has 0 amide bonds. The molecular formula is C21H31NO2. The molecule has 0 fully saturated rings. The van der Waals surface area contributed by atoms with Crippen molar-refractivity contribution in [1.29, 1.82) is 0 Å². The van der Waals surface area contributed by atoms with Crippen molar-refractivity contribution < 1.29 is 4.42 Å². The van der Waals surface area contributed by atoms with Gasteiger partial charge < -0.3 is 9.32 Å². The lowest BCUT2D eigenvalue weighted by Crippen LogP contribution is -2.25. The summed E-state index contributed by atoms with van der Waals surface area (Å²) in [5.74, 6) is 0. The quantitative estimate of drug-likeness (QED) is 0.536. The van der Waals surface area contributed by atoms with Crippen molar-refractivity contribution in [1.82, 2.24) is 0 Å². The van der Waals surface area contributed by atoms with Gasteiger partial charge in [-0.2, -0.15) is 0 Å². The number of nitrogens with zero attached hydrogens (tertiary/aromatic N) is 1. The Morgan fingerprint density at radius 3 is 2.21 bits per heavy atom. The fraction of sp³-hybridized carbons (Fsp3) is 0.571. The highest BCUT2D eigenvalue weighted by molar-refractivity contribution is 5.83. The highest BCUT2D eigenvalue weighted by atomic mass is 16.4. The first kappa shape index (κ1) is 18.6. The van der Waals surface area contributed by atoms with Crippen LogP contribution in [-0.2, 0) is 6.42 Å². The van der Waals surface area contributed by atoms with Crippen molar-refractivity contribution in [2.24, 2.45) is 0 Å². The van der Waals surface area contributed by atoms with Crippen molar-refractivity contribution in [3.8, 4) is 0 Å². The molecule has 0 saturated heterocycles. The zero-order chi connectivity index (χ0) is 17.4. The van der Waals surface area contributed by atoms with E-state index < -0.39 is 0 Å². The van der Waals surface area contributed by atoms with Gasteiger partial charge in [0.2, 0.25) is 0 Å². The summed E-state index contributed by atoms with van der Waals surface area (Å²) in [7, 11) is 0. The molecule has 2 aromatic rings. The van der Waals surface area contributed by atoms with Crippen LogP contribution in [0.1, 0.15) is 64.9 Å². The van der Waals surface area contributed by atoms with E-state index in [4.69, 9.17) is 4.42 Å². The van der Waals surface area contributed by atoms with E-state index in [2.05, 4.69) is 43.9 Å². The van der Waals surface area contributed by atoms with Crippen LogP contribution < -0.4 is 10.5 Å². The first-order chi connectivity index (χ1) is 11.7. The molecule has 0 saturated carbocycles. The van der Waals surface area contributed by atoms with Gasteiger partial charge in [0, 0.05) is 36.3 Å². The first-order valence-corrected chi connectivity index (χ1v) is 9.51. The van der Waals surface area contributed by atoms with Gasteiger partial charge in [-0.05, 0) is 43.4 Å². The summed E-state index contributed by atoms with van der Waals surface area (Å²) in [6.07, 6.45) is 7.90. The monoisotopic (exact) mass is 329 g/mol. The Balaban J connectivity index is 2.35. The lowest BCUT2D eigenvalue weighted by molar-refractivity contribution is 0.558. The topological polar surface area (TPSA) is 33.5 Å². The average molecular weight is 329 g/mol. The second kappa shape index (κ2) is 9.51. The van der Waals surface area contributed by atoms with Crippen LogP contribution in [-0.4, -0.2) is 13.1 Å². The van der Waals surface area contributed by atoms with Gasteiger partial charge in [0.25, 0.3) is 0 Å². The molecule has 0 radical (unpaired) electrons. The lowest BCUT2D eigenvalue weighted by Gasteiger charge is -2.25. The fourth-order valence-electron chi connectivity index (χ4n) is 3.06. The van der Waals surface area contributed by atoms with Crippen LogP contribution in [0.4, 0.5) is 5.69 Å². The minimum atomic E-state index is -0.237. The minimum Gasteiger partial charge on any atom is -0.423 e. The van der Waals surface area contributed by atoms with Crippen LogP contribution >= 0.6 is 0 Å². The Labute approximate surface area is 145 Å². The van der Waals surface area contributed by atoms with Gasteiger partial charge >= 0.3 is 5.63 Å². The van der Waals surface area contributed by atoms with Crippen LogP contribution in [0, 0.1) is 0 Å². The van der Waals surface area contributed by atoms with E-state index in [1.807, 2.05) is 0 Å². The van der Waals surface area contributed by atoms with Gasteiger partial charge in [-0.1, -0.05) is 40.0 Å². The Kier molecular flexibility index (Phi) is 7.36. The summed E-state index contributed by atoms with van der Waals surface area (Å²) in [6, 6.07) is 8.02. The third-order valence-corrected chi connectivity index (χ3v) is 4.54. The largest absolute Gasteiger partial charge is 0.423 e. The summed E-state index contributed by atoms with van der Waals surface area (Å²) in [6.45, 7) is 8.73. The highest BCUT2D eigenvalue weighted by Crippen LogP contribution is 2.25. The van der Waals surface area contributed by atoms with Crippen molar-refractivity contribution in [2.45, 2.75) is 65.7 Å². The molecule has 1 heterocycles. The molecule has 132 valence electrons. The molecule has 24 heavy (non-hydrogen) atoms. The molecule has 0 aliphatic carbocycles. The van der Waals surface area contributed by atoms with Gasteiger partial charge in [0.1, 0.15) is 5.58 Å². The summed E-state index contributed by atoms with van der Waals surface area (Å²) in [5, 5.41) is 1.08. The number of unbranched alkanes of at least 4 members (excludes halogenated alkanes) is 3.